The molecule has 2 rings (SSSR count). The first-order valence-electron chi connectivity index (χ1n) is 5.54. The van der Waals surface area contributed by atoms with Gasteiger partial charge in [-0.2, -0.15) is 4.31 Å². The molecule has 0 N–H and O–H groups in total. The van der Waals surface area contributed by atoms with Crippen LogP contribution in [0, 0.1) is 10.1 Å². The highest BCUT2D eigenvalue weighted by atomic mass is 32.2. The summed E-state index contributed by atoms with van der Waals surface area (Å²) in [6.45, 7) is 1.65. The van der Waals surface area contributed by atoms with Crippen molar-refractivity contribution in [3.8, 4) is 0 Å². The number of nitrogens with zero attached hydrogens (tertiary/aromatic N) is 5. The van der Waals surface area contributed by atoms with Crippen LogP contribution in [-0.2, 0) is 10.0 Å². The molecule has 1 aromatic heterocycles. The molecule has 0 aliphatic carbocycles. The Morgan fingerprint density at radius 1 is 1.21 bits per heavy atom. The molecule has 10 heteroatoms. The minimum absolute atomic E-state index is 0.168. The lowest BCUT2D eigenvalue weighted by molar-refractivity contribution is -0.385. The van der Waals surface area contributed by atoms with Crippen molar-refractivity contribution in [1.29, 1.82) is 0 Å². The van der Waals surface area contributed by atoms with Crippen LogP contribution < -0.4 is 4.90 Å². The lowest BCUT2D eigenvalue weighted by atomic mass is 10.4. The zero-order valence-electron chi connectivity index (χ0n) is 10.3. The fourth-order valence-electron chi connectivity index (χ4n) is 1.79. The average Bonchev–Trinajstić information content (AvgIpc) is 2.38. The van der Waals surface area contributed by atoms with Crippen molar-refractivity contribution in [2.24, 2.45) is 0 Å². The molecule has 0 spiro atoms. The quantitative estimate of drug-likeness (QED) is 0.542. The summed E-state index contributed by atoms with van der Waals surface area (Å²) < 4.78 is 24.1. The van der Waals surface area contributed by atoms with Crippen molar-refractivity contribution >= 4 is 21.7 Å². The van der Waals surface area contributed by atoms with Crippen molar-refractivity contribution in [3.63, 3.8) is 0 Å². The molecule has 0 unspecified atom stereocenters. The molecule has 1 saturated heterocycles. The van der Waals surface area contributed by atoms with E-state index in [0.717, 1.165) is 12.4 Å². The monoisotopic (exact) mass is 287 g/mol. The summed E-state index contributed by atoms with van der Waals surface area (Å²) in [5.74, 6) is 0.374. The molecule has 104 valence electrons. The van der Waals surface area contributed by atoms with Crippen LogP contribution in [0.1, 0.15) is 0 Å². The van der Waals surface area contributed by atoms with Crippen LogP contribution >= 0.6 is 0 Å². The Kier molecular flexibility index (Phi) is 3.62. The fraction of sp³-hybridized carbons (Fsp3) is 0.556. The van der Waals surface area contributed by atoms with Crippen LogP contribution in [0.2, 0.25) is 0 Å². The number of sulfonamides is 1. The van der Waals surface area contributed by atoms with E-state index in [1.54, 1.807) is 4.90 Å². The number of rotatable bonds is 3. The molecule has 0 saturated carbocycles. The first kappa shape index (κ1) is 13.6. The molecule has 0 aromatic carbocycles. The summed E-state index contributed by atoms with van der Waals surface area (Å²) >= 11 is 0. The van der Waals surface area contributed by atoms with Crippen LogP contribution in [0.5, 0.6) is 0 Å². The van der Waals surface area contributed by atoms with E-state index in [0.29, 0.717) is 32.1 Å². The topological polar surface area (TPSA) is 110 Å². The van der Waals surface area contributed by atoms with Gasteiger partial charge in [-0.25, -0.2) is 18.4 Å². The van der Waals surface area contributed by atoms with Gasteiger partial charge in [0.05, 0.1) is 11.2 Å². The summed E-state index contributed by atoms with van der Waals surface area (Å²) in [5.41, 5.74) is -0.168. The summed E-state index contributed by atoms with van der Waals surface area (Å²) in [6, 6.07) is 0. The average molecular weight is 287 g/mol. The van der Waals surface area contributed by atoms with Gasteiger partial charge < -0.3 is 4.90 Å². The van der Waals surface area contributed by atoms with E-state index >= 15 is 0 Å². The second-order valence-electron chi connectivity index (χ2n) is 4.15. The number of nitro groups is 1. The molecule has 0 bridgehead atoms. The van der Waals surface area contributed by atoms with Crippen LogP contribution in [0.3, 0.4) is 0 Å². The molecule has 0 radical (unpaired) electrons. The second-order valence-corrected chi connectivity index (χ2v) is 6.13. The standard InChI is InChI=1S/C9H13N5O4S/c1-19(17,18)13-4-2-12(3-5-13)9-10-6-8(7-11-9)14(15)16/h6-7H,2-5H2,1H3. The molecule has 2 heterocycles. The number of aromatic nitrogens is 2. The number of hydrogen-bond donors (Lipinski definition) is 0. The van der Waals surface area contributed by atoms with Gasteiger partial charge in [0.15, 0.2) is 0 Å². The first-order valence-corrected chi connectivity index (χ1v) is 7.39. The van der Waals surface area contributed by atoms with Crippen molar-refractivity contribution in [2.75, 3.05) is 37.3 Å². The number of piperazine rings is 1. The molecule has 1 aromatic rings. The maximum absolute atomic E-state index is 11.4. The maximum Gasteiger partial charge on any atom is 0.305 e. The third kappa shape index (κ3) is 3.15. The summed E-state index contributed by atoms with van der Waals surface area (Å²) in [6.07, 6.45) is 3.46. The Labute approximate surface area is 110 Å². The van der Waals surface area contributed by atoms with E-state index in [9.17, 15) is 18.5 Å². The minimum atomic E-state index is -3.17. The Hall–Kier alpha value is -1.81. The van der Waals surface area contributed by atoms with Crippen molar-refractivity contribution in [1.82, 2.24) is 14.3 Å². The van der Waals surface area contributed by atoms with Gasteiger partial charge in [-0.05, 0) is 0 Å². The van der Waals surface area contributed by atoms with Crippen LogP contribution in [0.4, 0.5) is 11.6 Å². The second kappa shape index (κ2) is 5.05. The third-order valence-electron chi connectivity index (χ3n) is 2.83. The molecule has 19 heavy (non-hydrogen) atoms. The van der Waals surface area contributed by atoms with Gasteiger partial charge in [0, 0.05) is 26.2 Å². The van der Waals surface area contributed by atoms with Crippen molar-refractivity contribution < 1.29 is 13.3 Å². The maximum atomic E-state index is 11.4. The van der Waals surface area contributed by atoms with Crippen LogP contribution in [0.15, 0.2) is 12.4 Å². The molecular weight excluding hydrogens is 274 g/mol. The molecule has 1 aliphatic heterocycles. The summed E-state index contributed by atoms with van der Waals surface area (Å²) in [7, 11) is -3.17. The molecule has 1 fully saturated rings. The van der Waals surface area contributed by atoms with Crippen LogP contribution in [0.25, 0.3) is 0 Å². The van der Waals surface area contributed by atoms with Gasteiger partial charge in [0.2, 0.25) is 16.0 Å². The highest BCUT2D eigenvalue weighted by Crippen LogP contribution is 2.14. The SMILES string of the molecule is CS(=O)(=O)N1CCN(c2ncc([N+](=O)[O-])cn2)CC1. The van der Waals surface area contributed by atoms with Crippen LogP contribution in [-0.4, -0.2) is 60.0 Å². The fourth-order valence-corrected chi connectivity index (χ4v) is 2.62. The molecular formula is C9H13N5O4S. The van der Waals surface area contributed by atoms with E-state index in [4.69, 9.17) is 0 Å². The predicted molar refractivity (Wildman–Crippen MR) is 67.3 cm³/mol. The smallest absolute Gasteiger partial charge is 0.305 e. The third-order valence-corrected chi connectivity index (χ3v) is 4.13. The van der Waals surface area contributed by atoms with E-state index in [1.165, 1.54) is 10.6 Å². The minimum Gasteiger partial charge on any atom is -0.338 e. The lowest BCUT2D eigenvalue weighted by Crippen LogP contribution is -2.48. The van der Waals surface area contributed by atoms with E-state index in [2.05, 4.69) is 9.97 Å². The molecule has 0 atom stereocenters. The first-order chi connectivity index (χ1) is 8.88. The highest BCUT2D eigenvalue weighted by molar-refractivity contribution is 7.88. The largest absolute Gasteiger partial charge is 0.338 e. The highest BCUT2D eigenvalue weighted by Gasteiger charge is 2.24. The number of anilines is 1. The normalized spacial score (nSPS) is 17.4. The Balaban J connectivity index is 2.03. The number of hydrogen-bond acceptors (Lipinski definition) is 7. The van der Waals surface area contributed by atoms with Gasteiger partial charge in [-0.3, -0.25) is 10.1 Å². The van der Waals surface area contributed by atoms with Crippen molar-refractivity contribution in [2.45, 2.75) is 0 Å². The summed E-state index contributed by atoms with van der Waals surface area (Å²) in [5, 5.41) is 10.5. The zero-order valence-corrected chi connectivity index (χ0v) is 11.1. The van der Waals surface area contributed by atoms with Gasteiger partial charge in [0.1, 0.15) is 12.4 Å². The Morgan fingerprint density at radius 2 is 1.74 bits per heavy atom. The van der Waals surface area contributed by atoms with Gasteiger partial charge in [0.25, 0.3) is 0 Å². The van der Waals surface area contributed by atoms with Gasteiger partial charge >= 0.3 is 5.69 Å². The zero-order chi connectivity index (χ0) is 14.0. The molecule has 1 aliphatic rings. The molecule has 9 nitrogen and oxygen atoms in total. The van der Waals surface area contributed by atoms with Gasteiger partial charge in [-0.15, -0.1) is 0 Å². The summed E-state index contributed by atoms with van der Waals surface area (Å²) in [4.78, 5) is 19.5. The van der Waals surface area contributed by atoms with E-state index in [-0.39, 0.29) is 5.69 Å². The predicted octanol–water partition coefficient (Wildman–Crippen LogP) is -0.534. The van der Waals surface area contributed by atoms with Crippen molar-refractivity contribution in [3.05, 3.63) is 22.5 Å². The van der Waals surface area contributed by atoms with E-state index < -0.39 is 14.9 Å². The Morgan fingerprint density at radius 3 is 2.16 bits per heavy atom. The van der Waals surface area contributed by atoms with Gasteiger partial charge in [-0.1, -0.05) is 0 Å². The van der Waals surface area contributed by atoms with E-state index in [1.807, 2.05) is 0 Å². The molecule has 0 amide bonds. The Bertz CT molecular complexity index is 565. The lowest BCUT2D eigenvalue weighted by Gasteiger charge is -2.33.